The highest BCUT2D eigenvalue weighted by Gasteiger charge is 2.06. The fourth-order valence-electron chi connectivity index (χ4n) is 1.59. The second-order valence-corrected chi connectivity index (χ2v) is 4.83. The zero-order chi connectivity index (χ0) is 12.0. The van der Waals surface area contributed by atoms with Crippen LogP contribution in [0.5, 0.6) is 5.75 Å². The minimum absolute atomic E-state index is 0.486. The number of benzene rings is 1. The van der Waals surface area contributed by atoms with Crippen molar-refractivity contribution in [3.05, 3.63) is 35.4 Å². The summed E-state index contributed by atoms with van der Waals surface area (Å²) in [5.41, 5.74) is 2.51. The highest BCUT2D eigenvalue weighted by atomic mass is 79.9. The predicted molar refractivity (Wildman–Crippen MR) is 74.5 cm³/mol. The Bertz CT molecular complexity index is 356. The number of halogens is 1. The summed E-state index contributed by atoms with van der Waals surface area (Å²) in [7, 11) is 1.72. The second-order valence-electron chi connectivity index (χ2n) is 4.04. The third-order valence-corrected chi connectivity index (χ3v) is 2.92. The summed E-state index contributed by atoms with van der Waals surface area (Å²) in [5.74, 6) is 1.46. The standard InChI is InChI=1S/C14H19BrO/c1-11(2)13-10-12(6-4-5-9-15)7-8-14(13)16-3/h4,6-8,10-11H,5,9H2,1-3H3/b6-4+. The maximum Gasteiger partial charge on any atom is 0.122 e. The second kappa shape index (κ2) is 6.74. The van der Waals surface area contributed by atoms with Gasteiger partial charge in [0.1, 0.15) is 5.75 Å². The topological polar surface area (TPSA) is 9.23 Å². The maximum atomic E-state index is 5.36. The van der Waals surface area contributed by atoms with Crippen LogP contribution in [0.2, 0.25) is 0 Å². The van der Waals surface area contributed by atoms with Gasteiger partial charge in [-0.1, -0.05) is 48.0 Å². The molecule has 0 N–H and O–H groups in total. The molecule has 1 aromatic carbocycles. The van der Waals surface area contributed by atoms with Crippen molar-refractivity contribution in [3.63, 3.8) is 0 Å². The fraction of sp³-hybridized carbons (Fsp3) is 0.429. The molecule has 0 atom stereocenters. The normalized spacial score (nSPS) is 11.3. The third-order valence-electron chi connectivity index (χ3n) is 2.46. The van der Waals surface area contributed by atoms with E-state index in [2.05, 4.69) is 54.1 Å². The number of methoxy groups -OCH3 is 1. The first kappa shape index (κ1) is 13.3. The first-order valence-electron chi connectivity index (χ1n) is 5.59. The number of ether oxygens (including phenoxy) is 1. The first-order valence-corrected chi connectivity index (χ1v) is 6.71. The average Bonchev–Trinajstić information content (AvgIpc) is 2.29. The lowest BCUT2D eigenvalue weighted by Gasteiger charge is -2.12. The van der Waals surface area contributed by atoms with E-state index >= 15 is 0 Å². The van der Waals surface area contributed by atoms with E-state index in [1.807, 2.05) is 6.07 Å². The van der Waals surface area contributed by atoms with E-state index in [0.29, 0.717) is 5.92 Å². The van der Waals surface area contributed by atoms with Crippen molar-refractivity contribution in [2.24, 2.45) is 0 Å². The molecule has 0 radical (unpaired) electrons. The van der Waals surface area contributed by atoms with Crippen LogP contribution in [-0.4, -0.2) is 12.4 Å². The number of hydrogen-bond donors (Lipinski definition) is 0. The van der Waals surface area contributed by atoms with Crippen LogP contribution >= 0.6 is 15.9 Å². The molecule has 0 saturated heterocycles. The minimum atomic E-state index is 0.486. The van der Waals surface area contributed by atoms with E-state index in [1.165, 1.54) is 11.1 Å². The van der Waals surface area contributed by atoms with Crippen LogP contribution in [0.3, 0.4) is 0 Å². The summed E-state index contributed by atoms with van der Waals surface area (Å²) in [5, 5.41) is 1.01. The summed E-state index contributed by atoms with van der Waals surface area (Å²) < 4.78 is 5.36. The van der Waals surface area contributed by atoms with Crippen LogP contribution in [0.25, 0.3) is 6.08 Å². The van der Waals surface area contributed by atoms with Crippen molar-refractivity contribution in [1.82, 2.24) is 0 Å². The molecular weight excluding hydrogens is 264 g/mol. The molecule has 0 heterocycles. The lowest BCUT2D eigenvalue weighted by molar-refractivity contribution is 0.407. The van der Waals surface area contributed by atoms with Crippen molar-refractivity contribution >= 4 is 22.0 Å². The third kappa shape index (κ3) is 3.67. The monoisotopic (exact) mass is 282 g/mol. The predicted octanol–water partition coefficient (Wildman–Crippen LogP) is 4.62. The van der Waals surface area contributed by atoms with Crippen LogP contribution in [-0.2, 0) is 0 Å². The minimum Gasteiger partial charge on any atom is -0.496 e. The molecule has 2 heteroatoms. The van der Waals surface area contributed by atoms with Gasteiger partial charge in [-0.3, -0.25) is 0 Å². The Balaban J connectivity index is 2.93. The SMILES string of the molecule is COc1ccc(/C=C/CCBr)cc1C(C)C. The van der Waals surface area contributed by atoms with E-state index in [0.717, 1.165) is 17.5 Å². The molecule has 0 fully saturated rings. The van der Waals surface area contributed by atoms with Gasteiger partial charge in [0.25, 0.3) is 0 Å². The molecule has 0 amide bonds. The van der Waals surface area contributed by atoms with E-state index in [1.54, 1.807) is 7.11 Å². The Labute approximate surface area is 107 Å². The van der Waals surface area contributed by atoms with Gasteiger partial charge in [-0.15, -0.1) is 0 Å². The summed E-state index contributed by atoms with van der Waals surface area (Å²) >= 11 is 3.41. The molecule has 1 nitrogen and oxygen atoms in total. The molecular formula is C14H19BrO. The summed E-state index contributed by atoms with van der Waals surface area (Å²) in [6.07, 6.45) is 5.40. The lowest BCUT2D eigenvalue weighted by atomic mass is 9.99. The Morgan fingerprint density at radius 1 is 1.38 bits per heavy atom. The summed E-state index contributed by atoms with van der Waals surface area (Å²) in [6, 6.07) is 6.34. The molecule has 0 saturated carbocycles. The van der Waals surface area contributed by atoms with Gasteiger partial charge in [-0.25, -0.2) is 0 Å². The Morgan fingerprint density at radius 2 is 2.12 bits per heavy atom. The molecule has 16 heavy (non-hydrogen) atoms. The van der Waals surface area contributed by atoms with E-state index in [-0.39, 0.29) is 0 Å². The Hall–Kier alpha value is -0.760. The molecule has 0 aromatic heterocycles. The Kier molecular flexibility index (Phi) is 5.61. The van der Waals surface area contributed by atoms with Gasteiger partial charge >= 0.3 is 0 Å². The van der Waals surface area contributed by atoms with E-state index in [4.69, 9.17) is 4.74 Å². The van der Waals surface area contributed by atoms with Crippen molar-refractivity contribution in [1.29, 1.82) is 0 Å². The van der Waals surface area contributed by atoms with Crippen molar-refractivity contribution in [2.75, 3.05) is 12.4 Å². The van der Waals surface area contributed by atoms with Crippen LogP contribution in [0, 0.1) is 0 Å². The van der Waals surface area contributed by atoms with Crippen LogP contribution in [0.1, 0.15) is 37.3 Å². The zero-order valence-corrected chi connectivity index (χ0v) is 11.8. The number of rotatable bonds is 5. The highest BCUT2D eigenvalue weighted by Crippen LogP contribution is 2.27. The summed E-state index contributed by atoms with van der Waals surface area (Å²) in [4.78, 5) is 0. The molecule has 0 bridgehead atoms. The molecule has 1 rings (SSSR count). The molecule has 0 spiro atoms. The van der Waals surface area contributed by atoms with Crippen molar-refractivity contribution in [2.45, 2.75) is 26.2 Å². The lowest BCUT2D eigenvalue weighted by Crippen LogP contribution is -1.94. The Morgan fingerprint density at radius 3 is 2.69 bits per heavy atom. The molecule has 0 aliphatic heterocycles. The number of alkyl halides is 1. The van der Waals surface area contributed by atoms with Crippen LogP contribution < -0.4 is 4.74 Å². The van der Waals surface area contributed by atoms with Gasteiger partial charge < -0.3 is 4.74 Å². The largest absolute Gasteiger partial charge is 0.496 e. The molecule has 0 unspecified atom stereocenters. The van der Waals surface area contributed by atoms with Gasteiger partial charge in [-0.2, -0.15) is 0 Å². The van der Waals surface area contributed by atoms with E-state index < -0.39 is 0 Å². The average molecular weight is 283 g/mol. The molecule has 0 aliphatic carbocycles. The smallest absolute Gasteiger partial charge is 0.122 e. The van der Waals surface area contributed by atoms with Crippen molar-refractivity contribution < 1.29 is 4.74 Å². The molecule has 1 aromatic rings. The van der Waals surface area contributed by atoms with Gasteiger partial charge in [0.2, 0.25) is 0 Å². The van der Waals surface area contributed by atoms with Crippen LogP contribution in [0.15, 0.2) is 24.3 Å². The maximum absolute atomic E-state index is 5.36. The highest BCUT2D eigenvalue weighted by molar-refractivity contribution is 9.09. The van der Waals surface area contributed by atoms with Gasteiger partial charge in [-0.05, 0) is 35.6 Å². The van der Waals surface area contributed by atoms with Gasteiger partial charge in [0, 0.05) is 5.33 Å². The quantitative estimate of drug-likeness (QED) is 0.717. The number of allylic oxidation sites excluding steroid dienone is 1. The van der Waals surface area contributed by atoms with Gasteiger partial charge in [0.15, 0.2) is 0 Å². The van der Waals surface area contributed by atoms with E-state index in [9.17, 15) is 0 Å². The molecule has 0 aliphatic rings. The summed E-state index contributed by atoms with van der Waals surface area (Å²) in [6.45, 7) is 4.37. The van der Waals surface area contributed by atoms with Crippen LogP contribution in [0.4, 0.5) is 0 Å². The zero-order valence-electron chi connectivity index (χ0n) is 10.2. The fourth-order valence-corrected chi connectivity index (χ4v) is 1.85. The van der Waals surface area contributed by atoms with Crippen molar-refractivity contribution in [3.8, 4) is 5.75 Å². The first-order chi connectivity index (χ1) is 7.69. The number of hydrogen-bond acceptors (Lipinski definition) is 1. The molecule has 88 valence electrons. The van der Waals surface area contributed by atoms with Gasteiger partial charge in [0.05, 0.1) is 7.11 Å².